The highest BCUT2D eigenvalue weighted by molar-refractivity contribution is 5.77. The highest BCUT2D eigenvalue weighted by Crippen LogP contribution is 2.16. The van der Waals surface area contributed by atoms with Crippen molar-refractivity contribution in [3.63, 3.8) is 0 Å². The third kappa shape index (κ3) is 4.36. The van der Waals surface area contributed by atoms with Crippen molar-refractivity contribution in [2.45, 2.75) is 33.1 Å². The highest BCUT2D eigenvalue weighted by atomic mass is 16.2. The second-order valence-electron chi connectivity index (χ2n) is 4.23. The summed E-state index contributed by atoms with van der Waals surface area (Å²) >= 11 is 0. The number of hydrogen-bond acceptors (Lipinski definition) is 2. The SMILES string of the molecule is CCNC=CCC(=O)N1CCC(C)CC1. The molecule has 0 unspecified atom stereocenters. The van der Waals surface area contributed by atoms with Crippen molar-refractivity contribution in [3.05, 3.63) is 12.3 Å². The van der Waals surface area contributed by atoms with Gasteiger partial charge in [-0.15, -0.1) is 0 Å². The summed E-state index contributed by atoms with van der Waals surface area (Å²) in [6.45, 7) is 7.08. The summed E-state index contributed by atoms with van der Waals surface area (Å²) in [4.78, 5) is 13.7. The Morgan fingerprint density at radius 2 is 2.13 bits per heavy atom. The van der Waals surface area contributed by atoms with E-state index in [4.69, 9.17) is 0 Å². The van der Waals surface area contributed by atoms with Gasteiger partial charge in [-0.25, -0.2) is 0 Å². The van der Waals surface area contributed by atoms with Crippen molar-refractivity contribution >= 4 is 5.91 Å². The first-order valence-electron chi connectivity index (χ1n) is 5.90. The lowest BCUT2D eigenvalue weighted by molar-refractivity contribution is -0.131. The van der Waals surface area contributed by atoms with Gasteiger partial charge < -0.3 is 10.2 Å². The topological polar surface area (TPSA) is 32.3 Å². The molecule has 1 aliphatic rings. The average molecular weight is 210 g/mol. The zero-order chi connectivity index (χ0) is 11.1. The molecule has 0 aromatic heterocycles. The average Bonchev–Trinajstić information content (AvgIpc) is 2.25. The summed E-state index contributed by atoms with van der Waals surface area (Å²) in [5, 5.41) is 3.06. The number of carbonyl (C=O) groups excluding carboxylic acids is 1. The van der Waals surface area contributed by atoms with Crippen LogP contribution in [0.2, 0.25) is 0 Å². The second-order valence-corrected chi connectivity index (χ2v) is 4.23. The first kappa shape index (κ1) is 12.1. The van der Waals surface area contributed by atoms with E-state index in [2.05, 4.69) is 12.2 Å². The highest BCUT2D eigenvalue weighted by Gasteiger charge is 2.18. The number of carbonyl (C=O) groups is 1. The van der Waals surface area contributed by atoms with Crippen molar-refractivity contribution in [1.29, 1.82) is 0 Å². The van der Waals surface area contributed by atoms with Crippen LogP contribution in [-0.2, 0) is 4.79 Å². The van der Waals surface area contributed by atoms with E-state index in [-0.39, 0.29) is 5.91 Å². The molecule has 0 saturated carbocycles. The fraction of sp³-hybridized carbons (Fsp3) is 0.750. The molecule has 1 saturated heterocycles. The molecule has 0 aromatic carbocycles. The predicted octanol–water partition coefficient (Wildman–Crippen LogP) is 1.76. The molecule has 3 heteroatoms. The lowest BCUT2D eigenvalue weighted by atomic mass is 9.99. The summed E-state index contributed by atoms with van der Waals surface area (Å²) in [6, 6.07) is 0. The smallest absolute Gasteiger partial charge is 0.226 e. The van der Waals surface area contributed by atoms with Crippen LogP contribution in [0.25, 0.3) is 0 Å². The molecule has 1 fully saturated rings. The maximum Gasteiger partial charge on any atom is 0.226 e. The van der Waals surface area contributed by atoms with Gasteiger partial charge in [0.05, 0.1) is 0 Å². The first-order valence-corrected chi connectivity index (χ1v) is 5.90. The number of nitrogens with zero attached hydrogens (tertiary/aromatic N) is 1. The summed E-state index contributed by atoms with van der Waals surface area (Å²) in [7, 11) is 0. The van der Waals surface area contributed by atoms with Crippen LogP contribution in [0.5, 0.6) is 0 Å². The Hall–Kier alpha value is -0.990. The van der Waals surface area contributed by atoms with Gasteiger partial charge in [0.1, 0.15) is 0 Å². The minimum absolute atomic E-state index is 0.260. The van der Waals surface area contributed by atoms with E-state index < -0.39 is 0 Å². The molecule has 0 atom stereocenters. The van der Waals surface area contributed by atoms with Crippen LogP contribution in [0.4, 0.5) is 0 Å². The van der Waals surface area contributed by atoms with E-state index in [0.717, 1.165) is 38.4 Å². The molecular formula is C12H22N2O. The van der Waals surface area contributed by atoms with Gasteiger partial charge in [0.25, 0.3) is 0 Å². The lowest BCUT2D eigenvalue weighted by Gasteiger charge is -2.30. The van der Waals surface area contributed by atoms with Gasteiger partial charge >= 0.3 is 0 Å². The number of rotatable bonds is 4. The lowest BCUT2D eigenvalue weighted by Crippen LogP contribution is -2.37. The molecule has 1 aliphatic heterocycles. The Morgan fingerprint density at radius 1 is 1.47 bits per heavy atom. The molecule has 1 heterocycles. The number of piperidine rings is 1. The Balaban J connectivity index is 2.22. The molecule has 0 spiro atoms. The summed E-state index contributed by atoms with van der Waals surface area (Å²) in [6.07, 6.45) is 6.61. The predicted molar refractivity (Wildman–Crippen MR) is 62.4 cm³/mol. The van der Waals surface area contributed by atoms with Crippen molar-refractivity contribution < 1.29 is 4.79 Å². The standard InChI is InChI=1S/C12H22N2O/c1-3-13-8-4-5-12(15)14-9-6-11(2)7-10-14/h4,8,11,13H,3,5-7,9-10H2,1-2H3. The third-order valence-corrected chi connectivity index (χ3v) is 2.87. The Bertz CT molecular complexity index is 218. The van der Waals surface area contributed by atoms with E-state index in [0.29, 0.717) is 6.42 Å². The molecule has 3 nitrogen and oxygen atoms in total. The third-order valence-electron chi connectivity index (χ3n) is 2.87. The van der Waals surface area contributed by atoms with Crippen LogP contribution in [0.15, 0.2) is 12.3 Å². The number of amides is 1. The number of nitrogens with one attached hydrogen (secondary N) is 1. The maximum atomic E-state index is 11.7. The van der Waals surface area contributed by atoms with E-state index in [1.807, 2.05) is 24.1 Å². The van der Waals surface area contributed by atoms with Gasteiger partial charge in [0.15, 0.2) is 0 Å². The maximum absolute atomic E-state index is 11.7. The molecule has 0 bridgehead atoms. The van der Waals surface area contributed by atoms with Gasteiger partial charge in [0, 0.05) is 26.1 Å². The molecule has 1 amide bonds. The van der Waals surface area contributed by atoms with E-state index in [1.165, 1.54) is 0 Å². The molecule has 1 N–H and O–H groups in total. The van der Waals surface area contributed by atoms with Crippen LogP contribution >= 0.6 is 0 Å². The van der Waals surface area contributed by atoms with Crippen molar-refractivity contribution in [2.24, 2.45) is 5.92 Å². The summed E-state index contributed by atoms with van der Waals surface area (Å²) < 4.78 is 0. The van der Waals surface area contributed by atoms with Gasteiger partial charge in [-0.3, -0.25) is 4.79 Å². The van der Waals surface area contributed by atoms with Gasteiger partial charge in [-0.2, -0.15) is 0 Å². The fourth-order valence-electron chi connectivity index (χ4n) is 1.75. The minimum Gasteiger partial charge on any atom is -0.391 e. The summed E-state index contributed by atoms with van der Waals surface area (Å²) in [5.41, 5.74) is 0. The Morgan fingerprint density at radius 3 is 2.73 bits per heavy atom. The molecule has 0 radical (unpaired) electrons. The Labute approximate surface area is 92.5 Å². The van der Waals surface area contributed by atoms with Crippen molar-refractivity contribution in [3.8, 4) is 0 Å². The van der Waals surface area contributed by atoms with Crippen LogP contribution < -0.4 is 5.32 Å². The molecule has 1 rings (SSSR count). The van der Waals surface area contributed by atoms with Crippen LogP contribution in [0, 0.1) is 5.92 Å². The van der Waals surface area contributed by atoms with Crippen LogP contribution in [0.3, 0.4) is 0 Å². The second kappa shape index (κ2) is 6.49. The fourth-order valence-corrected chi connectivity index (χ4v) is 1.75. The van der Waals surface area contributed by atoms with Crippen LogP contribution in [0.1, 0.15) is 33.1 Å². The first-order chi connectivity index (χ1) is 7.24. The van der Waals surface area contributed by atoms with Crippen molar-refractivity contribution in [2.75, 3.05) is 19.6 Å². The zero-order valence-corrected chi connectivity index (χ0v) is 9.83. The van der Waals surface area contributed by atoms with Gasteiger partial charge in [-0.05, 0) is 31.9 Å². The summed E-state index contributed by atoms with van der Waals surface area (Å²) in [5.74, 6) is 1.04. The van der Waals surface area contributed by atoms with E-state index >= 15 is 0 Å². The quantitative estimate of drug-likeness (QED) is 0.767. The monoisotopic (exact) mass is 210 g/mol. The van der Waals surface area contributed by atoms with Gasteiger partial charge in [-0.1, -0.05) is 13.0 Å². The zero-order valence-electron chi connectivity index (χ0n) is 9.83. The molecule has 15 heavy (non-hydrogen) atoms. The molecular weight excluding hydrogens is 188 g/mol. The Kier molecular flexibility index (Phi) is 5.22. The number of likely N-dealkylation sites (tertiary alicyclic amines) is 1. The minimum atomic E-state index is 0.260. The largest absolute Gasteiger partial charge is 0.391 e. The van der Waals surface area contributed by atoms with E-state index in [1.54, 1.807) is 0 Å². The molecule has 0 aromatic rings. The normalized spacial score (nSPS) is 18.4. The van der Waals surface area contributed by atoms with Gasteiger partial charge in [0.2, 0.25) is 5.91 Å². The number of hydrogen-bond donors (Lipinski definition) is 1. The molecule has 0 aliphatic carbocycles. The van der Waals surface area contributed by atoms with Crippen LogP contribution in [-0.4, -0.2) is 30.4 Å². The van der Waals surface area contributed by atoms with E-state index in [9.17, 15) is 4.79 Å². The molecule has 86 valence electrons. The van der Waals surface area contributed by atoms with Crippen molar-refractivity contribution in [1.82, 2.24) is 10.2 Å².